The van der Waals surface area contributed by atoms with E-state index in [9.17, 15) is 31.9 Å². The van der Waals surface area contributed by atoms with Gasteiger partial charge in [-0.25, -0.2) is 14.3 Å². The quantitative estimate of drug-likeness (QED) is 0.317. The van der Waals surface area contributed by atoms with E-state index in [1.807, 2.05) is 0 Å². The fraction of sp³-hybridized carbons (Fsp3) is 0.250. The number of carbonyl (C=O) groups is 2. The highest BCUT2D eigenvalue weighted by Gasteiger charge is 2.44. The molecule has 206 valence electrons. The lowest BCUT2D eigenvalue weighted by atomic mass is 9.97. The lowest BCUT2D eigenvalue weighted by Gasteiger charge is -2.27. The van der Waals surface area contributed by atoms with Crippen LogP contribution in [0.2, 0.25) is 5.02 Å². The number of aromatic amines is 1. The number of ether oxygens (including phenoxy) is 2. The highest BCUT2D eigenvalue weighted by atomic mass is 35.5. The summed E-state index contributed by atoms with van der Waals surface area (Å²) in [4.78, 5) is 36.7. The molecule has 0 saturated carbocycles. The second-order valence-corrected chi connectivity index (χ2v) is 8.92. The van der Waals surface area contributed by atoms with E-state index in [2.05, 4.69) is 26.1 Å². The first kappa shape index (κ1) is 27.9. The zero-order valence-electron chi connectivity index (χ0n) is 19.8. The minimum absolute atomic E-state index is 0.0345. The Morgan fingerprint density at radius 1 is 1.18 bits per heavy atom. The van der Waals surface area contributed by atoms with Crippen molar-refractivity contribution in [3.8, 4) is 5.75 Å². The molecule has 0 aliphatic carbocycles. The maximum Gasteiger partial charge on any atom is 0.418 e. The molecule has 2 heterocycles. The van der Waals surface area contributed by atoms with Gasteiger partial charge in [-0.15, -0.1) is 0 Å². The predicted octanol–water partition coefficient (Wildman–Crippen LogP) is 3.89. The summed E-state index contributed by atoms with van der Waals surface area (Å²) in [6.07, 6.45) is -4.54. The Hall–Kier alpha value is -4.17. The molecule has 10 nitrogen and oxygen atoms in total. The monoisotopic (exact) mass is 569 g/mol. The van der Waals surface area contributed by atoms with Crippen LogP contribution in [0.5, 0.6) is 5.75 Å². The Kier molecular flexibility index (Phi) is 8.06. The summed E-state index contributed by atoms with van der Waals surface area (Å²) < 4.78 is 65.1. The number of H-pyrrole nitrogens is 1. The SMILES string of the molecule is O=C(N[C@@]1(C(=O)NCc2ccc(Nc3ccc(Cl)cc3C(F)(F)F)cc2F)CCOC1)Oc1cn[nH]c(=O)c1. The number of nitrogens with one attached hydrogen (secondary N) is 4. The van der Waals surface area contributed by atoms with Crippen LogP contribution in [-0.4, -0.2) is 41.0 Å². The van der Waals surface area contributed by atoms with E-state index in [0.29, 0.717) is 0 Å². The number of nitrogens with zero attached hydrogens (tertiary/aromatic N) is 1. The number of hydrogen-bond donors (Lipinski definition) is 4. The van der Waals surface area contributed by atoms with Crippen molar-refractivity contribution in [1.29, 1.82) is 0 Å². The second kappa shape index (κ2) is 11.3. The topological polar surface area (TPSA) is 134 Å². The summed E-state index contributed by atoms with van der Waals surface area (Å²) in [6, 6.07) is 7.76. The molecule has 39 heavy (non-hydrogen) atoms. The van der Waals surface area contributed by atoms with E-state index in [-0.39, 0.29) is 53.9 Å². The van der Waals surface area contributed by atoms with Crippen molar-refractivity contribution >= 4 is 35.0 Å². The number of hydrogen-bond acceptors (Lipinski definition) is 7. The van der Waals surface area contributed by atoms with Gasteiger partial charge in [0, 0.05) is 41.9 Å². The Morgan fingerprint density at radius 2 is 1.97 bits per heavy atom. The third-order valence-corrected chi connectivity index (χ3v) is 5.94. The summed E-state index contributed by atoms with van der Waals surface area (Å²) >= 11 is 5.68. The third kappa shape index (κ3) is 6.83. The molecule has 1 aliphatic rings. The molecule has 0 unspecified atom stereocenters. The number of carbonyl (C=O) groups excluding carboxylic acids is 2. The smallest absolute Gasteiger partial charge is 0.408 e. The molecule has 3 aromatic rings. The molecule has 4 rings (SSSR count). The molecule has 1 fully saturated rings. The van der Waals surface area contributed by atoms with Crippen LogP contribution in [0, 0.1) is 5.82 Å². The minimum Gasteiger partial charge on any atom is -0.408 e. The largest absolute Gasteiger partial charge is 0.418 e. The summed E-state index contributed by atoms with van der Waals surface area (Å²) in [7, 11) is 0. The standard InChI is InChI=1S/C24H20ClF4N5O5/c25-14-2-4-19(17(7-14)24(27,28)29)32-15-3-1-13(18(26)8-15)10-30-21(36)23(5-6-38-12-23)33-22(37)39-16-9-20(35)34-31-11-16/h1-4,7-9,11,32H,5-6,10,12H2,(H,30,36)(H,33,37)(H,34,35)/t23-/m0/s1. The molecule has 0 radical (unpaired) electrons. The van der Waals surface area contributed by atoms with Gasteiger partial charge in [-0.1, -0.05) is 17.7 Å². The van der Waals surface area contributed by atoms with Crippen molar-refractivity contribution in [2.45, 2.75) is 24.7 Å². The first-order valence-electron chi connectivity index (χ1n) is 11.3. The van der Waals surface area contributed by atoms with Crippen molar-refractivity contribution in [2.24, 2.45) is 0 Å². The molecule has 2 amide bonds. The van der Waals surface area contributed by atoms with Gasteiger partial charge in [0.2, 0.25) is 5.91 Å². The normalized spacial score (nSPS) is 16.9. The molecule has 2 aromatic carbocycles. The van der Waals surface area contributed by atoms with Crippen molar-refractivity contribution in [3.63, 3.8) is 0 Å². The highest BCUT2D eigenvalue weighted by Crippen LogP contribution is 2.37. The zero-order valence-corrected chi connectivity index (χ0v) is 20.6. The third-order valence-electron chi connectivity index (χ3n) is 5.71. The Balaban J connectivity index is 1.41. The van der Waals surface area contributed by atoms with E-state index in [1.54, 1.807) is 0 Å². The summed E-state index contributed by atoms with van der Waals surface area (Å²) in [5.74, 6) is -1.63. The van der Waals surface area contributed by atoms with Gasteiger partial charge >= 0.3 is 12.3 Å². The molecule has 0 bridgehead atoms. The van der Waals surface area contributed by atoms with Crippen LogP contribution in [0.4, 0.5) is 33.7 Å². The average Bonchev–Trinajstić information content (AvgIpc) is 3.33. The first-order chi connectivity index (χ1) is 18.4. The molecular formula is C24H20ClF4N5O5. The van der Waals surface area contributed by atoms with Crippen LogP contribution < -0.4 is 26.2 Å². The zero-order chi connectivity index (χ0) is 28.2. The number of benzene rings is 2. The molecule has 1 aromatic heterocycles. The summed E-state index contributed by atoms with van der Waals surface area (Å²) in [5, 5.41) is 13.0. The van der Waals surface area contributed by atoms with Crippen molar-refractivity contribution in [2.75, 3.05) is 18.5 Å². The average molecular weight is 570 g/mol. The van der Waals surface area contributed by atoms with Gasteiger partial charge in [0.1, 0.15) is 11.4 Å². The Morgan fingerprint density at radius 3 is 2.64 bits per heavy atom. The number of aromatic nitrogens is 2. The van der Waals surface area contributed by atoms with Gasteiger partial charge < -0.3 is 25.4 Å². The van der Waals surface area contributed by atoms with Crippen LogP contribution in [0.1, 0.15) is 17.5 Å². The number of anilines is 2. The fourth-order valence-electron chi connectivity index (χ4n) is 3.77. The molecule has 0 spiro atoms. The van der Waals surface area contributed by atoms with E-state index in [0.717, 1.165) is 30.5 Å². The van der Waals surface area contributed by atoms with Crippen molar-refractivity contribution in [1.82, 2.24) is 20.8 Å². The maximum absolute atomic E-state index is 14.8. The number of alkyl halides is 3. The molecular weight excluding hydrogens is 550 g/mol. The van der Waals surface area contributed by atoms with E-state index in [4.69, 9.17) is 21.1 Å². The van der Waals surface area contributed by atoms with Gasteiger partial charge in [-0.3, -0.25) is 9.59 Å². The number of amides is 2. The molecule has 1 saturated heterocycles. The number of rotatable bonds is 7. The first-order valence-corrected chi connectivity index (χ1v) is 11.7. The van der Waals surface area contributed by atoms with Crippen LogP contribution >= 0.6 is 11.6 Å². The van der Waals surface area contributed by atoms with Gasteiger partial charge in [-0.05, 0) is 30.3 Å². The molecule has 1 aliphatic heterocycles. The Bertz CT molecular complexity index is 1440. The van der Waals surface area contributed by atoms with Crippen LogP contribution in [0.25, 0.3) is 0 Å². The fourth-order valence-corrected chi connectivity index (χ4v) is 3.94. The van der Waals surface area contributed by atoms with Crippen LogP contribution in [-0.2, 0) is 22.3 Å². The predicted molar refractivity (Wildman–Crippen MR) is 130 cm³/mol. The maximum atomic E-state index is 14.8. The van der Waals surface area contributed by atoms with Gasteiger partial charge in [0.05, 0.1) is 24.1 Å². The van der Waals surface area contributed by atoms with Crippen LogP contribution in [0.3, 0.4) is 0 Å². The van der Waals surface area contributed by atoms with E-state index >= 15 is 0 Å². The molecule has 4 N–H and O–H groups in total. The lowest BCUT2D eigenvalue weighted by molar-refractivity contribution is -0.137. The van der Waals surface area contributed by atoms with E-state index < -0.39 is 40.7 Å². The van der Waals surface area contributed by atoms with Crippen molar-refractivity contribution in [3.05, 3.63) is 81.0 Å². The van der Waals surface area contributed by atoms with Gasteiger partial charge in [-0.2, -0.15) is 18.3 Å². The van der Waals surface area contributed by atoms with Crippen molar-refractivity contribution < 1.29 is 36.6 Å². The Labute approximate surface area is 222 Å². The summed E-state index contributed by atoms with van der Waals surface area (Å²) in [5.41, 5.74) is -3.38. The van der Waals surface area contributed by atoms with E-state index in [1.165, 1.54) is 18.2 Å². The number of halogens is 5. The molecule has 1 atom stereocenters. The van der Waals surface area contributed by atoms with Gasteiger partial charge in [0.15, 0.2) is 5.75 Å². The minimum atomic E-state index is -4.69. The van der Waals surface area contributed by atoms with Gasteiger partial charge in [0.25, 0.3) is 5.56 Å². The highest BCUT2D eigenvalue weighted by molar-refractivity contribution is 6.30. The lowest BCUT2D eigenvalue weighted by Crippen LogP contribution is -2.59. The van der Waals surface area contributed by atoms with Crippen LogP contribution in [0.15, 0.2) is 53.5 Å². The second-order valence-electron chi connectivity index (χ2n) is 8.48. The summed E-state index contributed by atoms with van der Waals surface area (Å²) in [6.45, 7) is -0.328. The molecule has 15 heteroatoms.